The molecule has 0 aliphatic rings. The van der Waals surface area contributed by atoms with Crippen LogP contribution in [0.15, 0.2) is 48.5 Å². The Morgan fingerprint density at radius 1 is 1.13 bits per heavy atom. The predicted molar refractivity (Wildman–Crippen MR) is 88.1 cm³/mol. The lowest BCUT2D eigenvalue weighted by Gasteiger charge is -2.10. The summed E-state index contributed by atoms with van der Waals surface area (Å²) < 4.78 is 5.49. The lowest BCUT2D eigenvalue weighted by molar-refractivity contribution is -0.118. The smallest absolute Gasteiger partial charge is 0.335 e. The second kappa shape index (κ2) is 7.45. The third-order valence-electron chi connectivity index (χ3n) is 3.31. The minimum absolute atomic E-state index is 0.109. The van der Waals surface area contributed by atoms with E-state index in [1.165, 1.54) is 12.1 Å². The first kappa shape index (κ1) is 16.5. The molecule has 120 valence electrons. The first-order chi connectivity index (χ1) is 11.0. The van der Waals surface area contributed by atoms with Crippen LogP contribution in [0.25, 0.3) is 0 Å². The zero-order chi connectivity index (χ0) is 16.8. The number of hydrogen-bond donors (Lipinski definition) is 2. The highest BCUT2D eigenvalue weighted by Crippen LogP contribution is 2.20. The molecule has 2 N–H and O–H groups in total. The molecule has 5 nitrogen and oxygen atoms in total. The number of anilines is 1. The van der Waals surface area contributed by atoms with E-state index < -0.39 is 5.97 Å². The highest BCUT2D eigenvalue weighted by molar-refractivity contribution is 5.93. The number of amides is 1. The lowest BCUT2D eigenvalue weighted by Crippen LogP contribution is -2.20. The SMILES string of the molecule is CC(C)c1cccc(OCC(=O)Nc2ccc(C(=O)O)cc2)c1. The number of carboxylic acids is 1. The first-order valence-corrected chi connectivity index (χ1v) is 7.31. The van der Waals surface area contributed by atoms with E-state index in [0.717, 1.165) is 5.56 Å². The van der Waals surface area contributed by atoms with Crippen LogP contribution in [0.5, 0.6) is 5.75 Å². The molecule has 0 fully saturated rings. The fourth-order valence-electron chi connectivity index (χ4n) is 2.01. The highest BCUT2D eigenvalue weighted by atomic mass is 16.5. The molecule has 2 aromatic carbocycles. The van der Waals surface area contributed by atoms with Crippen LogP contribution < -0.4 is 10.1 Å². The van der Waals surface area contributed by atoms with Gasteiger partial charge >= 0.3 is 5.97 Å². The number of ether oxygens (including phenoxy) is 1. The average molecular weight is 313 g/mol. The zero-order valence-corrected chi connectivity index (χ0v) is 13.1. The monoisotopic (exact) mass is 313 g/mol. The Kier molecular flexibility index (Phi) is 5.36. The molecular formula is C18H19NO4. The maximum atomic E-state index is 11.9. The minimum Gasteiger partial charge on any atom is -0.484 e. The van der Waals surface area contributed by atoms with Crippen molar-refractivity contribution in [3.8, 4) is 5.75 Å². The summed E-state index contributed by atoms with van der Waals surface area (Å²) in [5.41, 5.74) is 1.84. The van der Waals surface area contributed by atoms with Crippen molar-refractivity contribution in [2.45, 2.75) is 19.8 Å². The van der Waals surface area contributed by atoms with Gasteiger partial charge in [0.2, 0.25) is 0 Å². The average Bonchev–Trinajstić information content (AvgIpc) is 2.53. The van der Waals surface area contributed by atoms with E-state index >= 15 is 0 Å². The van der Waals surface area contributed by atoms with E-state index in [-0.39, 0.29) is 18.1 Å². The largest absolute Gasteiger partial charge is 0.484 e. The zero-order valence-electron chi connectivity index (χ0n) is 13.1. The molecule has 23 heavy (non-hydrogen) atoms. The first-order valence-electron chi connectivity index (χ1n) is 7.31. The van der Waals surface area contributed by atoms with Crippen molar-refractivity contribution < 1.29 is 19.4 Å². The molecule has 0 heterocycles. The molecule has 0 unspecified atom stereocenters. The Balaban J connectivity index is 1.90. The van der Waals surface area contributed by atoms with Gasteiger partial charge in [-0.2, -0.15) is 0 Å². The van der Waals surface area contributed by atoms with Crippen LogP contribution in [-0.4, -0.2) is 23.6 Å². The van der Waals surface area contributed by atoms with Gasteiger partial charge in [0.25, 0.3) is 5.91 Å². The number of carbonyl (C=O) groups is 2. The van der Waals surface area contributed by atoms with E-state index in [2.05, 4.69) is 19.2 Å². The molecule has 2 rings (SSSR count). The van der Waals surface area contributed by atoms with Crippen molar-refractivity contribution in [1.82, 2.24) is 0 Å². The molecule has 0 atom stereocenters. The molecule has 0 saturated carbocycles. The number of carboxylic acid groups (broad SMARTS) is 1. The summed E-state index contributed by atoms with van der Waals surface area (Å²) in [6, 6.07) is 13.6. The Morgan fingerprint density at radius 3 is 2.43 bits per heavy atom. The lowest BCUT2D eigenvalue weighted by atomic mass is 10.0. The van der Waals surface area contributed by atoms with Crippen LogP contribution in [0.1, 0.15) is 35.7 Å². The van der Waals surface area contributed by atoms with Crippen LogP contribution in [0.2, 0.25) is 0 Å². The van der Waals surface area contributed by atoms with Crippen LogP contribution in [0.3, 0.4) is 0 Å². The summed E-state index contributed by atoms with van der Waals surface area (Å²) >= 11 is 0. The second-order valence-electron chi connectivity index (χ2n) is 5.45. The predicted octanol–water partition coefficient (Wildman–Crippen LogP) is 3.53. The summed E-state index contributed by atoms with van der Waals surface area (Å²) in [5, 5.41) is 11.5. The maximum Gasteiger partial charge on any atom is 0.335 e. The molecular weight excluding hydrogens is 294 g/mol. The van der Waals surface area contributed by atoms with Crippen LogP contribution >= 0.6 is 0 Å². The van der Waals surface area contributed by atoms with Crippen LogP contribution in [0.4, 0.5) is 5.69 Å². The number of carbonyl (C=O) groups excluding carboxylic acids is 1. The van der Waals surface area contributed by atoms with E-state index in [1.54, 1.807) is 18.2 Å². The van der Waals surface area contributed by atoms with Gasteiger partial charge in [0.1, 0.15) is 5.75 Å². The molecule has 0 saturated heterocycles. The summed E-state index contributed by atoms with van der Waals surface area (Å²) in [6.07, 6.45) is 0. The minimum atomic E-state index is -1.00. The molecule has 0 spiro atoms. The van der Waals surface area contributed by atoms with Gasteiger partial charge in [0, 0.05) is 5.69 Å². The van der Waals surface area contributed by atoms with Gasteiger partial charge in [-0.3, -0.25) is 4.79 Å². The standard InChI is InChI=1S/C18H19NO4/c1-12(2)14-4-3-5-16(10-14)23-11-17(20)19-15-8-6-13(7-9-15)18(21)22/h3-10,12H,11H2,1-2H3,(H,19,20)(H,21,22). The van der Waals surface area contributed by atoms with E-state index in [9.17, 15) is 9.59 Å². The highest BCUT2D eigenvalue weighted by Gasteiger charge is 2.07. The van der Waals surface area contributed by atoms with E-state index in [1.807, 2.05) is 18.2 Å². The fourth-order valence-corrected chi connectivity index (χ4v) is 2.01. The summed E-state index contributed by atoms with van der Waals surface area (Å²) in [5.74, 6) is -0.271. The van der Waals surface area contributed by atoms with Gasteiger partial charge in [0.15, 0.2) is 6.61 Å². The second-order valence-corrected chi connectivity index (χ2v) is 5.45. The van der Waals surface area contributed by atoms with E-state index in [4.69, 9.17) is 9.84 Å². The summed E-state index contributed by atoms with van der Waals surface area (Å²) in [4.78, 5) is 22.6. The van der Waals surface area contributed by atoms with E-state index in [0.29, 0.717) is 17.4 Å². The van der Waals surface area contributed by atoms with Gasteiger partial charge < -0.3 is 15.2 Å². The topological polar surface area (TPSA) is 75.6 Å². The van der Waals surface area contributed by atoms with Crippen molar-refractivity contribution in [3.63, 3.8) is 0 Å². The Bertz CT molecular complexity index is 692. The van der Waals surface area contributed by atoms with Crippen molar-refractivity contribution in [2.75, 3.05) is 11.9 Å². The quantitative estimate of drug-likeness (QED) is 0.855. The van der Waals surface area contributed by atoms with Crippen LogP contribution in [0, 0.1) is 0 Å². The number of nitrogens with one attached hydrogen (secondary N) is 1. The maximum absolute atomic E-state index is 11.9. The van der Waals surface area contributed by atoms with Gasteiger partial charge in [-0.25, -0.2) is 4.79 Å². The third kappa shape index (κ3) is 4.85. The fraction of sp³-hybridized carbons (Fsp3) is 0.222. The molecule has 2 aromatic rings. The van der Waals surface area contributed by atoms with Gasteiger partial charge in [-0.15, -0.1) is 0 Å². The third-order valence-corrected chi connectivity index (χ3v) is 3.31. The molecule has 5 heteroatoms. The Hall–Kier alpha value is -2.82. The molecule has 1 amide bonds. The van der Waals surface area contributed by atoms with Crippen LogP contribution in [-0.2, 0) is 4.79 Å². The van der Waals surface area contributed by atoms with Crippen molar-refractivity contribution in [2.24, 2.45) is 0 Å². The van der Waals surface area contributed by atoms with Gasteiger partial charge in [-0.05, 0) is 47.9 Å². The molecule has 0 aliphatic carbocycles. The molecule has 0 radical (unpaired) electrons. The van der Waals surface area contributed by atoms with Crippen molar-refractivity contribution in [3.05, 3.63) is 59.7 Å². The molecule has 0 aromatic heterocycles. The van der Waals surface area contributed by atoms with Crippen molar-refractivity contribution >= 4 is 17.6 Å². The summed E-state index contributed by atoms with van der Waals surface area (Å²) in [7, 11) is 0. The molecule has 0 bridgehead atoms. The Labute approximate surface area is 134 Å². The summed E-state index contributed by atoms with van der Waals surface area (Å²) in [6.45, 7) is 4.07. The normalized spacial score (nSPS) is 10.4. The Morgan fingerprint density at radius 2 is 1.83 bits per heavy atom. The van der Waals surface area contributed by atoms with Crippen molar-refractivity contribution in [1.29, 1.82) is 0 Å². The number of rotatable bonds is 6. The van der Waals surface area contributed by atoms with Gasteiger partial charge in [0.05, 0.1) is 5.56 Å². The number of benzene rings is 2. The van der Waals surface area contributed by atoms with Gasteiger partial charge in [-0.1, -0.05) is 26.0 Å². The number of hydrogen-bond acceptors (Lipinski definition) is 3. The number of aromatic carboxylic acids is 1. The molecule has 0 aliphatic heterocycles.